The van der Waals surface area contributed by atoms with Crippen molar-refractivity contribution >= 4 is 22.0 Å². The SMILES string of the molecule is O=C(NCc1ncc(Br)cn1)OCc1ccccc1. The van der Waals surface area contributed by atoms with Gasteiger partial charge in [0.25, 0.3) is 0 Å². The van der Waals surface area contributed by atoms with Crippen molar-refractivity contribution in [1.29, 1.82) is 0 Å². The van der Waals surface area contributed by atoms with Crippen LogP contribution in [0.15, 0.2) is 47.2 Å². The van der Waals surface area contributed by atoms with Crippen LogP contribution in [0.3, 0.4) is 0 Å². The lowest BCUT2D eigenvalue weighted by Gasteiger charge is -2.06. The maximum Gasteiger partial charge on any atom is 0.407 e. The summed E-state index contributed by atoms with van der Waals surface area (Å²) in [5, 5.41) is 2.59. The van der Waals surface area contributed by atoms with Gasteiger partial charge >= 0.3 is 6.09 Å². The molecule has 19 heavy (non-hydrogen) atoms. The van der Waals surface area contributed by atoms with Gasteiger partial charge in [-0.25, -0.2) is 14.8 Å². The number of benzene rings is 1. The molecule has 0 fully saturated rings. The van der Waals surface area contributed by atoms with Crippen LogP contribution in [0, 0.1) is 0 Å². The van der Waals surface area contributed by atoms with E-state index < -0.39 is 6.09 Å². The fraction of sp³-hybridized carbons (Fsp3) is 0.154. The van der Waals surface area contributed by atoms with Crippen LogP contribution in [0.2, 0.25) is 0 Å². The zero-order valence-corrected chi connectivity index (χ0v) is 11.6. The minimum absolute atomic E-state index is 0.237. The van der Waals surface area contributed by atoms with Crippen LogP contribution in [0.5, 0.6) is 0 Å². The van der Waals surface area contributed by atoms with E-state index in [0.717, 1.165) is 10.0 Å². The van der Waals surface area contributed by atoms with E-state index in [9.17, 15) is 4.79 Å². The van der Waals surface area contributed by atoms with Gasteiger partial charge in [0.1, 0.15) is 12.4 Å². The largest absolute Gasteiger partial charge is 0.445 e. The molecule has 1 heterocycles. The molecular weight excluding hydrogens is 310 g/mol. The lowest BCUT2D eigenvalue weighted by atomic mass is 10.2. The van der Waals surface area contributed by atoms with Crippen LogP contribution in [-0.4, -0.2) is 16.1 Å². The van der Waals surface area contributed by atoms with E-state index in [4.69, 9.17) is 4.74 Å². The quantitative estimate of drug-likeness (QED) is 0.940. The monoisotopic (exact) mass is 321 g/mol. The summed E-state index contributed by atoms with van der Waals surface area (Å²) in [7, 11) is 0. The molecule has 0 aliphatic rings. The molecule has 2 rings (SSSR count). The maximum absolute atomic E-state index is 11.5. The number of aromatic nitrogens is 2. The number of carbonyl (C=O) groups is 1. The molecule has 1 amide bonds. The highest BCUT2D eigenvalue weighted by atomic mass is 79.9. The van der Waals surface area contributed by atoms with E-state index in [-0.39, 0.29) is 13.2 Å². The van der Waals surface area contributed by atoms with Gasteiger partial charge < -0.3 is 10.1 Å². The molecule has 0 saturated carbocycles. The van der Waals surface area contributed by atoms with E-state index in [1.54, 1.807) is 12.4 Å². The molecule has 0 bridgehead atoms. The second kappa shape index (κ2) is 6.84. The van der Waals surface area contributed by atoms with Crippen LogP contribution in [0.25, 0.3) is 0 Å². The highest BCUT2D eigenvalue weighted by molar-refractivity contribution is 9.10. The van der Waals surface area contributed by atoms with Gasteiger partial charge in [0.15, 0.2) is 0 Å². The minimum Gasteiger partial charge on any atom is -0.445 e. The summed E-state index contributed by atoms with van der Waals surface area (Å²) in [6, 6.07) is 9.49. The molecule has 1 aromatic heterocycles. The van der Waals surface area contributed by atoms with Crippen molar-refractivity contribution in [2.24, 2.45) is 0 Å². The number of nitrogens with one attached hydrogen (secondary N) is 1. The highest BCUT2D eigenvalue weighted by Crippen LogP contribution is 2.04. The number of amides is 1. The Labute approximate surface area is 119 Å². The highest BCUT2D eigenvalue weighted by Gasteiger charge is 2.03. The summed E-state index contributed by atoms with van der Waals surface area (Å²) in [6.45, 7) is 0.481. The molecular formula is C13H12BrN3O2. The summed E-state index contributed by atoms with van der Waals surface area (Å²) in [4.78, 5) is 19.5. The molecule has 0 radical (unpaired) electrons. The number of alkyl carbamates (subject to hydrolysis) is 1. The van der Waals surface area contributed by atoms with Crippen molar-refractivity contribution in [2.45, 2.75) is 13.2 Å². The van der Waals surface area contributed by atoms with Crippen molar-refractivity contribution < 1.29 is 9.53 Å². The van der Waals surface area contributed by atoms with E-state index >= 15 is 0 Å². The molecule has 0 aliphatic heterocycles. The minimum atomic E-state index is -0.490. The molecule has 0 aliphatic carbocycles. The van der Waals surface area contributed by atoms with Crippen LogP contribution in [0.4, 0.5) is 4.79 Å². The number of carbonyl (C=O) groups excluding carboxylic acids is 1. The molecule has 5 nitrogen and oxygen atoms in total. The maximum atomic E-state index is 11.5. The number of nitrogens with zero attached hydrogens (tertiary/aromatic N) is 2. The number of hydrogen-bond acceptors (Lipinski definition) is 4. The van der Waals surface area contributed by atoms with E-state index in [0.29, 0.717) is 5.82 Å². The van der Waals surface area contributed by atoms with Crippen molar-refractivity contribution in [3.63, 3.8) is 0 Å². The van der Waals surface area contributed by atoms with Crippen molar-refractivity contribution in [3.8, 4) is 0 Å². The van der Waals surface area contributed by atoms with E-state index in [1.807, 2.05) is 30.3 Å². The molecule has 1 N–H and O–H groups in total. The number of hydrogen-bond donors (Lipinski definition) is 1. The molecule has 6 heteroatoms. The Kier molecular flexibility index (Phi) is 4.85. The van der Waals surface area contributed by atoms with Gasteiger partial charge in [0.2, 0.25) is 0 Å². The first-order valence-corrected chi connectivity index (χ1v) is 6.44. The number of rotatable bonds is 4. The first-order chi connectivity index (χ1) is 9.24. The molecule has 2 aromatic rings. The molecule has 0 atom stereocenters. The number of ether oxygens (including phenoxy) is 1. The van der Waals surface area contributed by atoms with Gasteiger partial charge in [-0.05, 0) is 21.5 Å². The predicted molar refractivity (Wildman–Crippen MR) is 73.2 cm³/mol. The molecule has 0 saturated heterocycles. The average Bonchev–Trinajstić information content (AvgIpc) is 2.45. The fourth-order valence-corrected chi connectivity index (χ4v) is 1.56. The van der Waals surface area contributed by atoms with Gasteiger partial charge in [0, 0.05) is 12.4 Å². The van der Waals surface area contributed by atoms with Crippen LogP contribution in [-0.2, 0) is 17.9 Å². The molecule has 1 aromatic carbocycles. The summed E-state index contributed by atoms with van der Waals surface area (Å²) >= 11 is 3.24. The molecule has 0 unspecified atom stereocenters. The Balaban J connectivity index is 1.74. The molecule has 98 valence electrons. The van der Waals surface area contributed by atoms with Gasteiger partial charge in [-0.15, -0.1) is 0 Å². The summed E-state index contributed by atoms with van der Waals surface area (Å²) < 4.78 is 5.85. The average molecular weight is 322 g/mol. The number of halogens is 1. The second-order valence-electron chi connectivity index (χ2n) is 3.73. The standard InChI is InChI=1S/C13H12BrN3O2/c14-11-6-15-12(16-7-11)8-17-13(18)19-9-10-4-2-1-3-5-10/h1-7H,8-9H2,(H,17,18). The smallest absolute Gasteiger partial charge is 0.407 e. The first-order valence-electron chi connectivity index (χ1n) is 5.65. The third-order valence-corrected chi connectivity index (χ3v) is 2.69. The lowest BCUT2D eigenvalue weighted by molar-refractivity contribution is 0.139. The van der Waals surface area contributed by atoms with Crippen molar-refractivity contribution in [2.75, 3.05) is 0 Å². The van der Waals surface area contributed by atoms with Crippen LogP contribution >= 0.6 is 15.9 Å². The second-order valence-corrected chi connectivity index (χ2v) is 4.65. The Morgan fingerprint density at radius 2 is 1.89 bits per heavy atom. The lowest BCUT2D eigenvalue weighted by Crippen LogP contribution is -2.24. The third-order valence-electron chi connectivity index (χ3n) is 2.28. The third kappa shape index (κ3) is 4.67. The zero-order chi connectivity index (χ0) is 13.5. The zero-order valence-electron chi connectivity index (χ0n) is 10.0. The fourth-order valence-electron chi connectivity index (χ4n) is 1.36. The Bertz CT molecular complexity index is 531. The van der Waals surface area contributed by atoms with E-state index in [1.165, 1.54) is 0 Å². The Hall–Kier alpha value is -1.95. The van der Waals surface area contributed by atoms with Gasteiger partial charge in [-0.1, -0.05) is 30.3 Å². The topological polar surface area (TPSA) is 64.1 Å². The Morgan fingerprint density at radius 1 is 1.21 bits per heavy atom. The van der Waals surface area contributed by atoms with Crippen LogP contribution in [0.1, 0.15) is 11.4 Å². The van der Waals surface area contributed by atoms with Gasteiger partial charge in [-0.3, -0.25) is 0 Å². The Morgan fingerprint density at radius 3 is 2.58 bits per heavy atom. The van der Waals surface area contributed by atoms with Gasteiger partial charge in [0.05, 0.1) is 11.0 Å². The van der Waals surface area contributed by atoms with Crippen LogP contribution < -0.4 is 5.32 Å². The normalized spacial score (nSPS) is 9.95. The van der Waals surface area contributed by atoms with Crippen molar-refractivity contribution in [3.05, 3.63) is 58.6 Å². The first kappa shape index (κ1) is 13.5. The van der Waals surface area contributed by atoms with E-state index in [2.05, 4.69) is 31.2 Å². The van der Waals surface area contributed by atoms with Crippen molar-refractivity contribution in [1.82, 2.24) is 15.3 Å². The summed E-state index contributed by atoms with van der Waals surface area (Å²) in [5.41, 5.74) is 0.942. The summed E-state index contributed by atoms with van der Waals surface area (Å²) in [6.07, 6.45) is 2.76. The van der Waals surface area contributed by atoms with Gasteiger partial charge in [-0.2, -0.15) is 0 Å². The summed E-state index contributed by atoms with van der Waals surface area (Å²) in [5.74, 6) is 0.528. The molecule has 0 spiro atoms. The predicted octanol–water partition coefficient (Wildman–Crippen LogP) is 2.67.